The number of nitrogens with one attached hydrogen (secondary N) is 2. The van der Waals surface area contributed by atoms with E-state index in [2.05, 4.69) is 15.6 Å². The molecular formula is C8H14N5O5P. The fourth-order valence-corrected chi connectivity index (χ4v) is 1.98. The van der Waals surface area contributed by atoms with Gasteiger partial charge in [0.15, 0.2) is 12.0 Å². The van der Waals surface area contributed by atoms with Gasteiger partial charge >= 0.3 is 7.60 Å². The van der Waals surface area contributed by atoms with Gasteiger partial charge in [-0.2, -0.15) is 0 Å². The molecule has 10 nitrogen and oxygen atoms in total. The molecule has 0 aromatic carbocycles. The second-order valence-electron chi connectivity index (χ2n) is 3.93. The van der Waals surface area contributed by atoms with Crippen molar-refractivity contribution in [2.45, 2.75) is 12.8 Å². The number of anilines is 1. The number of nitrogens with zero attached hydrogens (tertiary/aromatic N) is 2. The lowest BCUT2D eigenvalue weighted by Crippen LogP contribution is -2.51. The molecule has 0 radical (unpaired) electrons. The van der Waals surface area contributed by atoms with Crippen LogP contribution in [0.1, 0.15) is 10.5 Å². The Kier molecular flexibility index (Phi) is 3.88. The molecule has 1 unspecified atom stereocenters. The van der Waals surface area contributed by atoms with Gasteiger partial charge in [-0.3, -0.25) is 15.1 Å². The van der Waals surface area contributed by atoms with Gasteiger partial charge in [-0.25, -0.2) is 4.98 Å². The number of carbonyl (C=O) groups is 1. The largest absolute Gasteiger partial charge is 0.367 e. The van der Waals surface area contributed by atoms with Crippen molar-refractivity contribution in [1.29, 1.82) is 0 Å². The number of aromatic nitrogens is 2. The highest BCUT2D eigenvalue weighted by Gasteiger charge is 2.25. The van der Waals surface area contributed by atoms with Gasteiger partial charge in [-0.15, -0.1) is 0 Å². The number of rotatable bonds is 5. The average molecular weight is 291 g/mol. The first kappa shape index (κ1) is 14.0. The van der Waals surface area contributed by atoms with Crippen molar-refractivity contribution in [1.82, 2.24) is 14.9 Å². The molecule has 6 N–H and O–H groups in total. The summed E-state index contributed by atoms with van der Waals surface area (Å²) in [5.74, 6) is 0.0761. The Morgan fingerprint density at radius 1 is 1.53 bits per heavy atom. The molecule has 1 amide bonds. The maximum Gasteiger partial charge on any atom is 0.350 e. The fraction of sp³-hybridized carbons (Fsp3) is 0.500. The lowest BCUT2D eigenvalue weighted by molar-refractivity contribution is 0.0932. The van der Waals surface area contributed by atoms with Gasteiger partial charge in [0.2, 0.25) is 0 Å². The normalized spacial score (nSPS) is 18.7. The highest BCUT2D eigenvalue weighted by Crippen LogP contribution is 2.33. The minimum atomic E-state index is -4.16. The van der Waals surface area contributed by atoms with Crippen LogP contribution in [0.4, 0.5) is 5.82 Å². The molecule has 2 rings (SSSR count). The van der Waals surface area contributed by atoms with E-state index in [1.54, 1.807) is 4.57 Å². The van der Waals surface area contributed by atoms with Crippen LogP contribution in [0.5, 0.6) is 0 Å². The van der Waals surface area contributed by atoms with Crippen LogP contribution in [-0.2, 0) is 15.8 Å². The van der Waals surface area contributed by atoms with Crippen LogP contribution < -0.4 is 16.4 Å². The van der Waals surface area contributed by atoms with Gasteiger partial charge in [0, 0.05) is 6.54 Å². The highest BCUT2D eigenvalue weighted by atomic mass is 31.2. The maximum atomic E-state index is 11.5. The molecule has 0 bridgehead atoms. The van der Waals surface area contributed by atoms with Crippen molar-refractivity contribution in [2.75, 3.05) is 18.3 Å². The molecule has 1 aliphatic heterocycles. The van der Waals surface area contributed by atoms with E-state index in [0.29, 0.717) is 5.82 Å². The Hall–Kier alpha value is -1.45. The predicted octanol–water partition coefficient (Wildman–Crippen LogP) is -1.57. The van der Waals surface area contributed by atoms with Crippen molar-refractivity contribution >= 4 is 19.3 Å². The van der Waals surface area contributed by atoms with Gasteiger partial charge in [0.25, 0.3) is 5.91 Å². The summed E-state index contributed by atoms with van der Waals surface area (Å²) in [6.07, 6.45) is 0.0828. The topological polar surface area (TPSA) is 152 Å². The molecule has 0 saturated heterocycles. The summed E-state index contributed by atoms with van der Waals surface area (Å²) in [4.78, 5) is 32.7. The molecular weight excluding hydrogens is 277 g/mol. The zero-order valence-corrected chi connectivity index (χ0v) is 10.7. The van der Waals surface area contributed by atoms with Gasteiger partial charge in [-0.05, 0) is 0 Å². The molecule has 0 aliphatic carbocycles. The van der Waals surface area contributed by atoms with Crippen molar-refractivity contribution in [3.05, 3.63) is 12.0 Å². The number of fused-ring (bicyclic) bond motifs is 1. The van der Waals surface area contributed by atoms with E-state index in [1.165, 1.54) is 6.33 Å². The van der Waals surface area contributed by atoms with Crippen molar-refractivity contribution in [3.8, 4) is 0 Å². The van der Waals surface area contributed by atoms with Crippen LogP contribution in [0.2, 0.25) is 0 Å². The molecule has 0 spiro atoms. The second-order valence-corrected chi connectivity index (χ2v) is 5.52. The predicted molar refractivity (Wildman–Crippen MR) is 64.2 cm³/mol. The lowest BCUT2D eigenvalue weighted by Gasteiger charge is -2.23. The SMILES string of the molecule is NC1NC(=O)c2ncn(CCOCP(=O)(O)O)c2N1. The monoisotopic (exact) mass is 291 g/mol. The minimum absolute atomic E-state index is 0.0758. The molecule has 1 aromatic heterocycles. The van der Waals surface area contributed by atoms with Crippen LogP contribution in [0.15, 0.2) is 6.33 Å². The molecule has 1 aromatic rings. The first-order valence-corrected chi connectivity index (χ1v) is 7.17. The third kappa shape index (κ3) is 3.52. The van der Waals surface area contributed by atoms with E-state index in [0.717, 1.165) is 0 Å². The summed E-state index contributed by atoms with van der Waals surface area (Å²) in [5.41, 5.74) is 5.78. The number of carbonyl (C=O) groups excluding carboxylic acids is 1. The number of hydrogen-bond acceptors (Lipinski definition) is 6. The third-order valence-electron chi connectivity index (χ3n) is 2.37. The first-order valence-electron chi connectivity index (χ1n) is 5.37. The van der Waals surface area contributed by atoms with Crippen molar-refractivity contribution in [2.24, 2.45) is 5.73 Å². The Morgan fingerprint density at radius 3 is 2.95 bits per heavy atom. The quantitative estimate of drug-likeness (QED) is 0.322. The Labute approximate surface area is 108 Å². The molecule has 106 valence electrons. The summed E-state index contributed by atoms with van der Waals surface area (Å²) in [6, 6.07) is 0. The van der Waals surface area contributed by atoms with Crippen molar-refractivity contribution in [3.63, 3.8) is 0 Å². The minimum Gasteiger partial charge on any atom is -0.367 e. The maximum absolute atomic E-state index is 11.5. The molecule has 1 atom stereocenters. The van der Waals surface area contributed by atoms with E-state index in [-0.39, 0.29) is 24.8 Å². The summed E-state index contributed by atoms with van der Waals surface area (Å²) >= 11 is 0. The van der Waals surface area contributed by atoms with Crippen LogP contribution in [0, 0.1) is 0 Å². The number of amides is 1. The molecule has 0 saturated carbocycles. The van der Waals surface area contributed by atoms with Gasteiger partial charge < -0.3 is 29.7 Å². The summed E-state index contributed by atoms with van der Waals surface area (Å²) in [7, 11) is -4.16. The molecule has 19 heavy (non-hydrogen) atoms. The van der Waals surface area contributed by atoms with Gasteiger partial charge in [-0.1, -0.05) is 0 Å². The fourth-order valence-electron chi connectivity index (χ4n) is 1.61. The van der Waals surface area contributed by atoms with Crippen LogP contribution in [-0.4, -0.2) is 44.5 Å². The number of imidazole rings is 1. The van der Waals surface area contributed by atoms with Crippen LogP contribution in [0.3, 0.4) is 0 Å². The van der Waals surface area contributed by atoms with E-state index in [4.69, 9.17) is 20.3 Å². The third-order valence-corrected chi connectivity index (χ3v) is 2.89. The van der Waals surface area contributed by atoms with E-state index >= 15 is 0 Å². The second kappa shape index (κ2) is 5.27. The molecule has 2 heterocycles. The molecule has 11 heteroatoms. The van der Waals surface area contributed by atoms with E-state index in [1.807, 2.05) is 0 Å². The Bertz CT molecular complexity index is 526. The average Bonchev–Trinajstić information content (AvgIpc) is 2.66. The Balaban J connectivity index is 1.95. The number of ether oxygens (including phenoxy) is 1. The smallest absolute Gasteiger partial charge is 0.350 e. The number of nitrogens with two attached hydrogens (primary N) is 1. The highest BCUT2D eigenvalue weighted by molar-refractivity contribution is 7.51. The summed E-state index contributed by atoms with van der Waals surface area (Å²) in [6.45, 7) is 0.363. The molecule has 0 fully saturated rings. The van der Waals surface area contributed by atoms with Crippen LogP contribution >= 0.6 is 7.60 Å². The van der Waals surface area contributed by atoms with E-state index < -0.39 is 20.2 Å². The lowest BCUT2D eigenvalue weighted by atomic mass is 10.3. The number of hydrogen-bond donors (Lipinski definition) is 5. The Morgan fingerprint density at radius 2 is 2.26 bits per heavy atom. The molecule has 1 aliphatic rings. The first-order chi connectivity index (χ1) is 8.87. The van der Waals surface area contributed by atoms with Crippen molar-refractivity contribution < 1.29 is 23.9 Å². The van der Waals surface area contributed by atoms with Gasteiger partial charge in [0.1, 0.15) is 12.2 Å². The van der Waals surface area contributed by atoms with Gasteiger partial charge in [0.05, 0.1) is 12.9 Å². The zero-order chi connectivity index (χ0) is 14.0. The summed E-state index contributed by atoms with van der Waals surface area (Å²) < 4.78 is 17.0. The zero-order valence-electron chi connectivity index (χ0n) is 9.81. The standard InChI is InChI=1S/C8H14N5O5P/c9-8-11-6-5(7(14)12-8)10-3-13(6)1-2-18-4-19(15,16)17/h3,8,11H,1-2,4,9H2,(H,12,14)(H2,15,16,17). The van der Waals surface area contributed by atoms with E-state index in [9.17, 15) is 9.36 Å². The van der Waals surface area contributed by atoms with Crippen LogP contribution in [0.25, 0.3) is 0 Å². The summed E-state index contributed by atoms with van der Waals surface area (Å²) in [5, 5.41) is 5.29.